The predicted molar refractivity (Wildman–Crippen MR) is 153 cm³/mol. The third-order valence-corrected chi connectivity index (χ3v) is 10.3. The summed E-state index contributed by atoms with van der Waals surface area (Å²) in [4.78, 5) is 42.2. The van der Waals surface area contributed by atoms with Gasteiger partial charge in [0.05, 0.1) is 12.7 Å². The Labute approximate surface area is 223 Å². The normalized spacial score (nSPS) is 11.9. The van der Waals surface area contributed by atoms with Gasteiger partial charge in [0.15, 0.2) is 0 Å². The Morgan fingerprint density at radius 1 is 0.868 bits per heavy atom. The Balaban J connectivity index is 1.60. The van der Waals surface area contributed by atoms with E-state index in [1.807, 2.05) is 18.2 Å². The molecule has 0 radical (unpaired) electrons. The molecule has 2 N–H and O–H groups in total. The first kappa shape index (κ1) is 26.6. The zero-order valence-electron chi connectivity index (χ0n) is 21.9. The van der Waals surface area contributed by atoms with Gasteiger partial charge in [0.1, 0.15) is 19.9 Å². The van der Waals surface area contributed by atoms with Gasteiger partial charge in [-0.1, -0.05) is 78.1 Å². The lowest BCUT2D eigenvalue weighted by Crippen LogP contribution is -2.52. The molecule has 0 aliphatic carbocycles. The number of carbonyl (C=O) groups is 2. The number of rotatable bonds is 8. The lowest BCUT2D eigenvalue weighted by atomic mass is 10.0. The summed E-state index contributed by atoms with van der Waals surface area (Å²) in [7, 11) is 1.26. The van der Waals surface area contributed by atoms with Crippen LogP contribution in [0.5, 0.6) is 5.75 Å². The van der Waals surface area contributed by atoms with E-state index < -0.39 is 20.0 Å². The number of aromatic nitrogens is 1. The van der Waals surface area contributed by atoms with E-state index in [0.717, 1.165) is 0 Å². The van der Waals surface area contributed by atoms with Crippen molar-refractivity contribution in [3.05, 3.63) is 119 Å². The molecule has 7 nitrogen and oxygen atoms in total. The molecule has 0 spiro atoms. The van der Waals surface area contributed by atoms with Crippen molar-refractivity contribution < 1.29 is 14.3 Å². The average Bonchev–Trinajstić information content (AvgIpc) is 2.94. The fraction of sp³-hybridized carbons (Fsp3) is 0.167. The number of aromatic amines is 1. The first-order valence-corrected chi connectivity index (χ1v) is 15.3. The quantitative estimate of drug-likeness (QED) is 0.344. The van der Waals surface area contributed by atoms with Crippen molar-refractivity contribution in [2.45, 2.75) is 19.1 Å². The molecular weight excluding hydrogens is 494 g/mol. The number of amides is 2. The summed E-state index contributed by atoms with van der Waals surface area (Å²) in [5.41, 5.74) is 1.23. The van der Waals surface area contributed by atoms with Crippen LogP contribution in [0.3, 0.4) is 0 Å². The van der Waals surface area contributed by atoms with Crippen molar-refractivity contribution in [2.24, 2.45) is 0 Å². The second kappa shape index (κ2) is 11.3. The number of anilines is 1. The molecule has 0 saturated heterocycles. The second-order valence-electron chi connectivity index (χ2n) is 9.59. The minimum absolute atomic E-state index is 0.274. The van der Waals surface area contributed by atoms with Gasteiger partial charge < -0.3 is 19.9 Å². The van der Waals surface area contributed by atoms with E-state index in [9.17, 15) is 14.4 Å². The molecule has 0 fully saturated rings. The van der Waals surface area contributed by atoms with Gasteiger partial charge in [-0.05, 0) is 35.9 Å². The summed E-state index contributed by atoms with van der Waals surface area (Å²) in [5, 5.41) is 5.56. The van der Waals surface area contributed by atoms with Gasteiger partial charge in [-0.3, -0.25) is 14.4 Å². The van der Waals surface area contributed by atoms with Crippen LogP contribution in [0.25, 0.3) is 0 Å². The van der Waals surface area contributed by atoms with Crippen molar-refractivity contribution >= 4 is 35.9 Å². The van der Waals surface area contributed by atoms with E-state index in [0.29, 0.717) is 17.0 Å². The number of benzene rings is 3. The maximum absolute atomic E-state index is 13.6. The molecule has 194 valence electrons. The fourth-order valence-corrected chi connectivity index (χ4v) is 6.76. The standard InChI is InChI=1S/C30H31N3O4Si/c1-33(30(36)22-12-19-27(34)31-20-22)28(21-10-15-24(37-2)16-11-21)29(35)32-23-13-17-26(18-14-23)38(3,4)25-8-6-5-7-9-25/h5-20,28H,1-4H3,(H,31,34)(H,32,35)/t28-/m1/s1. The minimum Gasteiger partial charge on any atom is -0.497 e. The maximum Gasteiger partial charge on any atom is 0.256 e. The van der Waals surface area contributed by atoms with Gasteiger partial charge >= 0.3 is 0 Å². The van der Waals surface area contributed by atoms with E-state index in [1.54, 1.807) is 38.4 Å². The van der Waals surface area contributed by atoms with Crippen LogP contribution in [0.2, 0.25) is 13.1 Å². The fourth-order valence-electron chi connectivity index (χ4n) is 4.40. The Hall–Kier alpha value is -4.43. The van der Waals surface area contributed by atoms with E-state index in [1.165, 1.54) is 33.6 Å². The van der Waals surface area contributed by atoms with Crippen molar-refractivity contribution in [3.8, 4) is 5.75 Å². The third kappa shape index (κ3) is 5.76. The van der Waals surface area contributed by atoms with Gasteiger partial charge in [-0.15, -0.1) is 0 Å². The summed E-state index contributed by atoms with van der Waals surface area (Å²) >= 11 is 0. The van der Waals surface area contributed by atoms with Crippen LogP contribution >= 0.6 is 0 Å². The van der Waals surface area contributed by atoms with Crippen molar-refractivity contribution in [1.29, 1.82) is 0 Å². The molecule has 8 heteroatoms. The van der Waals surface area contributed by atoms with Crippen LogP contribution < -0.4 is 26.0 Å². The monoisotopic (exact) mass is 525 g/mol. The molecular formula is C30H31N3O4Si. The van der Waals surface area contributed by atoms with Crippen molar-refractivity contribution in [3.63, 3.8) is 0 Å². The number of nitrogens with zero attached hydrogens (tertiary/aromatic N) is 1. The lowest BCUT2D eigenvalue weighted by Gasteiger charge is -2.28. The zero-order chi connectivity index (χ0) is 27.3. The van der Waals surface area contributed by atoms with Gasteiger partial charge in [0.25, 0.3) is 11.8 Å². The Morgan fingerprint density at radius 3 is 2.08 bits per heavy atom. The van der Waals surface area contributed by atoms with E-state index in [-0.39, 0.29) is 17.0 Å². The van der Waals surface area contributed by atoms with Gasteiger partial charge in [-0.2, -0.15) is 0 Å². The Morgan fingerprint density at radius 2 is 1.50 bits per heavy atom. The highest BCUT2D eigenvalue weighted by molar-refractivity contribution is 7.00. The lowest BCUT2D eigenvalue weighted by molar-refractivity contribution is -0.120. The van der Waals surface area contributed by atoms with Crippen LogP contribution in [0, 0.1) is 0 Å². The molecule has 0 aliphatic heterocycles. The summed E-state index contributed by atoms with van der Waals surface area (Å²) in [5.74, 6) is -0.116. The maximum atomic E-state index is 13.6. The molecule has 4 rings (SSSR count). The largest absolute Gasteiger partial charge is 0.497 e. The van der Waals surface area contributed by atoms with E-state index in [4.69, 9.17) is 4.74 Å². The molecule has 1 atom stereocenters. The molecule has 2 amide bonds. The molecule has 0 bridgehead atoms. The van der Waals surface area contributed by atoms with Gasteiger partial charge in [0.2, 0.25) is 5.56 Å². The van der Waals surface area contributed by atoms with Crippen molar-refractivity contribution in [2.75, 3.05) is 19.5 Å². The zero-order valence-corrected chi connectivity index (χ0v) is 22.9. The number of likely N-dealkylation sites (N-methyl/N-ethyl adjacent to an activating group) is 1. The van der Waals surface area contributed by atoms with Crippen LogP contribution in [0.15, 0.2) is 102 Å². The van der Waals surface area contributed by atoms with Crippen LogP contribution in [-0.2, 0) is 4.79 Å². The minimum atomic E-state index is -1.88. The second-order valence-corrected chi connectivity index (χ2v) is 14.0. The number of hydrogen-bond donors (Lipinski definition) is 2. The molecule has 38 heavy (non-hydrogen) atoms. The first-order chi connectivity index (χ1) is 18.2. The van der Waals surface area contributed by atoms with Gasteiger partial charge in [-0.25, -0.2) is 0 Å². The third-order valence-electron chi connectivity index (χ3n) is 6.79. The number of carbonyl (C=O) groups excluding carboxylic acids is 2. The summed E-state index contributed by atoms with van der Waals surface area (Å²) in [6.45, 7) is 4.60. The number of nitrogens with one attached hydrogen (secondary N) is 2. The topological polar surface area (TPSA) is 91.5 Å². The molecule has 1 aromatic heterocycles. The average molecular weight is 526 g/mol. The van der Waals surface area contributed by atoms with Crippen LogP contribution in [-0.4, -0.2) is 43.9 Å². The number of pyridine rings is 1. The highest BCUT2D eigenvalue weighted by atomic mass is 28.3. The van der Waals surface area contributed by atoms with Crippen LogP contribution in [0.4, 0.5) is 5.69 Å². The smallest absolute Gasteiger partial charge is 0.256 e. The summed E-state index contributed by atoms with van der Waals surface area (Å²) in [6, 6.07) is 27.2. The Kier molecular flexibility index (Phi) is 7.92. The number of methoxy groups -OCH3 is 1. The molecule has 0 aliphatic rings. The predicted octanol–water partition coefficient (Wildman–Crippen LogP) is 3.66. The first-order valence-electron chi connectivity index (χ1n) is 12.3. The summed E-state index contributed by atoms with van der Waals surface area (Å²) in [6.07, 6.45) is 1.35. The molecule has 1 heterocycles. The highest BCUT2D eigenvalue weighted by Crippen LogP contribution is 2.25. The number of ether oxygens (including phenoxy) is 1. The SMILES string of the molecule is COc1ccc([C@H](C(=O)Nc2ccc([Si](C)(C)c3ccccc3)cc2)N(C)C(=O)c2ccc(=O)[nH]c2)cc1. The number of H-pyrrole nitrogens is 1. The van der Waals surface area contributed by atoms with Crippen LogP contribution in [0.1, 0.15) is 22.0 Å². The molecule has 4 aromatic rings. The van der Waals surface area contributed by atoms with E-state index >= 15 is 0 Å². The highest BCUT2D eigenvalue weighted by Gasteiger charge is 2.30. The number of hydrogen-bond acceptors (Lipinski definition) is 4. The van der Waals surface area contributed by atoms with Gasteiger partial charge in [0, 0.05) is 25.0 Å². The van der Waals surface area contributed by atoms with E-state index in [2.05, 4.69) is 59.8 Å². The summed E-state index contributed by atoms with van der Waals surface area (Å²) < 4.78 is 5.25. The molecule has 0 unspecified atom stereocenters. The molecule has 3 aromatic carbocycles. The van der Waals surface area contributed by atoms with Crippen molar-refractivity contribution in [1.82, 2.24) is 9.88 Å². The Bertz CT molecular complexity index is 1450. The molecule has 0 saturated carbocycles.